The third kappa shape index (κ3) is 2.39. The molecule has 2 aromatic carbocycles. The number of para-hydroxylation sites is 1. The van der Waals surface area contributed by atoms with E-state index in [1.807, 2.05) is 6.07 Å². The number of aromatic nitrogens is 1. The molecule has 0 aliphatic heterocycles. The highest BCUT2D eigenvalue weighted by Crippen LogP contribution is 2.31. The Bertz CT molecular complexity index is 717. The number of halogens is 2. The zero-order valence-electron chi connectivity index (χ0n) is 10.6. The molecule has 3 rings (SSSR count). The summed E-state index contributed by atoms with van der Waals surface area (Å²) in [6.07, 6.45) is 2.36. The van der Waals surface area contributed by atoms with E-state index in [0.717, 1.165) is 16.9 Å². The fraction of sp³-hybridized carbons (Fsp3) is 0.250. The number of unbranched alkanes of at least 4 members (excludes halogenated alkanes) is 1. The molecular weight excluding hydrogens is 322 g/mol. The molecule has 0 radical (unpaired) electrons. The van der Waals surface area contributed by atoms with E-state index in [4.69, 9.17) is 11.6 Å². The molecule has 0 spiro atoms. The fourth-order valence-electron chi connectivity index (χ4n) is 2.63. The number of aryl methyl sites for hydroxylation is 1. The van der Waals surface area contributed by atoms with Crippen molar-refractivity contribution in [2.45, 2.75) is 19.4 Å². The molecule has 0 amide bonds. The molecular formula is C16H15BrClN. The molecule has 98 valence electrons. The van der Waals surface area contributed by atoms with Crippen molar-refractivity contribution in [3.05, 3.63) is 47.5 Å². The molecule has 1 heterocycles. The van der Waals surface area contributed by atoms with Gasteiger partial charge in [0.05, 0.1) is 5.52 Å². The molecule has 0 bridgehead atoms. The molecule has 0 aliphatic rings. The first-order valence-corrected chi connectivity index (χ1v) is 8.03. The minimum Gasteiger partial charge on any atom is -0.340 e. The maximum absolute atomic E-state index is 6.16. The topological polar surface area (TPSA) is 4.93 Å². The van der Waals surface area contributed by atoms with Crippen LogP contribution in [-0.2, 0) is 6.54 Å². The van der Waals surface area contributed by atoms with Gasteiger partial charge >= 0.3 is 0 Å². The highest BCUT2D eigenvalue weighted by Gasteiger charge is 2.09. The minimum absolute atomic E-state index is 0.803. The van der Waals surface area contributed by atoms with Gasteiger partial charge in [0, 0.05) is 33.2 Å². The van der Waals surface area contributed by atoms with Crippen molar-refractivity contribution < 1.29 is 0 Å². The zero-order valence-corrected chi connectivity index (χ0v) is 12.9. The van der Waals surface area contributed by atoms with Gasteiger partial charge in [-0.05, 0) is 31.0 Å². The molecule has 0 atom stereocenters. The van der Waals surface area contributed by atoms with Gasteiger partial charge in [-0.3, -0.25) is 0 Å². The zero-order chi connectivity index (χ0) is 13.2. The van der Waals surface area contributed by atoms with Crippen LogP contribution in [0.3, 0.4) is 0 Å². The smallest absolute Gasteiger partial charge is 0.0506 e. The lowest BCUT2D eigenvalue weighted by Gasteiger charge is -2.06. The summed E-state index contributed by atoms with van der Waals surface area (Å²) in [6.45, 7) is 1.04. The van der Waals surface area contributed by atoms with E-state index in [0.29, 0.717) is 0 Å². The largest absolute Gasteiger partial charge is 0.340 e. The van der Waals surface area contributed by atoms with Crippen LogP contribution in [0.15, 0.2) is 42.5 Å². The summed E-state index contributed by atoms with van der Waals surface area (Å²) in [4.78, 5) is 0. The quantitative estimate of drug-likeness (QED) is 0.430. The number of fused-ring (bicyclic) bond motifs is 3. The first kappa shape index (κ1) is 13.0. The van der Waals surface area contributed by atoms with Crippen molar-refractivity contribution in [3.63, 3.8) is 0 Å². The number of alkyl halides is 1. The Morgan fingerprint density at radius 3 is 2.58 bits per heavy atom. The van der Waals surface area contributed by atoms with E-state index in [2.05, 4.69) is 56.9 Å². The van der Waals surface area contributed by atoms with Gasteiger partial charge in [0.25, 0.3) is 0 Å². The van der Waals surface area contributed by atoms with Gasteiger partial charge in [0.15, 0.2) is 0 Å². The minimum atomic E-state index is 0.803. The average Bonchev–Trinajstić information content (AvgIpc) is 2.73. The normalized spacial score (nSPS) is 11.5. The van der Waals surface area contributed by atoms with Gasteiger partial charge in [-0.2, -0.15) is 0 Å². The van der Waals surface area contributed by atoms with Gasteiger partial charge < -0.3 is 4.57 Å². The third-order valence-corrected chi connectivity index (χ3v) is 4.30. The van der Waals surface area contributed by atoms with Crippen molar-refractivity contribution in [1.82, 2.24) is 4.57 Å². The van der Waals surface area contributed by atoms with E-state index >= 15 is 0 Å². The first-order valence-electron chi connectivity index (χ1n) is 6.54. The monoisotopic (exact) mass is 335 g/mol. The second-order valence-electron chi connectivity index (χ2n) is 4.73. The van der Waals surface area contributed by atoms with Crippen molar-refractivity contribution in [2.75, 3.05) is 5.33 Å². The number of rotatable bonds is 4. The van der Waals surface area contributed by atoms with Crippen molar-refractivity contribution in [2.24, 2.45) is 0 Å². The molecule has 1 aromatic heterocycles. The maximum atomic E-state index is 6.16. The number of hydrogen-bond donors (Lipinski definition) is 0. The van der Waals surface area contributed by atoms with E-state index in [9.17, 15) is 0 Å². The van der Waals surface area contributed by atoms with Gasteiger partial charge in [-0.1, -0.05) is 51.8 Å². The van der Waals surface area contributed by atoms with E-state index < -0.39 is 0 Å². The van der Waals surface area contributed by atoms with Crippen molar-refractivity contribution in [1.29, 1.82) is 0 Å². The Morgan fingerprint density at radius 2 is 1.74 bits per heavy atom. The lowest BCUT2D eigenvalue weighted by atomic mass is 10.2. The Labute approximate surface area is 126 Å². The van der Waals surface area contributed by atoms with Gasteiger partial charge in [0.1, 0.15) is 0 Å². The number of benzene rings is 2. The van der Waals surface area contributed by atoms with Crippen molar-refractivity contribution >= 4 is 49.3 Å². The van der Waals surface area contributed by atoms with Crippen LogP contribution in [0.1, 0.15) is 12.8 Å². The molecule has 3 aromatic rings. The second kappa shape index (κ2) is 5.56. The maximum Gasteiger partial charge on any atom is 0.0506 e. The Morgan fingerprint density at radius 1 is 0.947 bits per heavy atom. The molecule has 0 N–H and O–H groups in total. The second-order valence-corrected chi connectivity index (χ2v) is 5.96. The lowest BCUT2D eigenvalue weighted by molar-refractivity contribution is 0.670. The molecule has 3 heteroatoms. The Kier molecular flexibility index (Phi) is 3.81. The molecule has 1 nitrogen and oxygen atoms in total. The van der Waals surface area contributed by atoms with Crippen LogP contribution in [0.25, 0.3) is 21.8 Å². The van der Waals surface area contributed by atoms with Crippen LogP contribution in [0.5, 0.6) is 0 Å². The Hall–Kier alpha value is -0.990. The van der Waals surface area contributed by atoms with Crippen LogP contribution < -0.4 is 0 Å². The standard InChI is InChI=1S/C16H15BrClN/c17-9-3-4-10-19-15-6-2-1-5-13(15)14-8-7-12(18)11-16(14)19/h1-2,5-8,11H,3-4,9-10H2. The van der Waals surface area contributed by atoms with E-state index in [1.165, 1.54) is 34.6 Å². The summed E-state index contributed by atoms with van der Waals surface area (Å²) in [5, 5.41) is 4.47. The van der Waals surface area contributed by atoms with Gasteiger partial charge in [-0.15, -0.1) is 0 Å². The highest BCUT2D eigenvalue weighted by atomic mass is 79.9. The number of hydrogen-bond acceptors (Lipinski definition) is 0. The van der Waals surface area contributed by atoms with Crippen molar-refractivity contribution in [3.8, 4) is 0 Å². The summed E-state index contributed by atoms with van der Waals surface area (Å²) in [5.41, 5.74) is 2.54. The molecule has 0 unspecified atom stereocenters. The summed E-state index contributed by atoms with van der Waals surface area (Å²) in [7, 11) is 0. The van der Waals surface area contributed by atoms with Gasteiger partial charge in [0.2, 0.25) is 0 Å². The lowest BCUT2D eigenvalue weighted by Crippen LogP contribution is -1.97. The predicted octanol–water partition coefficient (Wildman–Crippen LogP) is 5.62. The Balaban J connectivity index is 2.21. The van der Waals surface area contributed by atoms with E-state index in [1.54, 1.807) is 0 Å². The summed E-state index contributed by atoms with van der Waals surface area (Å²) in [6, 6.07) is 14.7. The van der Waals surface area contributed by atoms with Crippen LogP contribution >= 0.6 is 27.5 Å². The molecule has 0 saturated carbocycles. The van der Waals surface area contributed by atoms with Crippen LogP contribution in [-0.4, -0.2) is 9.90 Å². The SMILES string of the molecule is Clc1ccc2c3ccccc3n(CCCCBr)c2c1. The fourth-order valence-corrected chi connectivity index (χ4v) is 3.19. The molecule has 0 saturated heterocycles. The first-order chi connectivity index (χ1) is 9.31. The third-order valence-electron chi connectivity index (χ3n) is 3.50. The highest BCUT2D eigenvalue weighted by molar-refractivity contribution is 9.09. The van der Waals surface area contributed by atoms with Gasteiger partial charge in [-0.25, -0.2) is 0 Å². The summed E-state index contributed by atoms with van der Waals surface area (Å²) in [5.74, 6) is 0. The summed E-state index contributed by atoms with van der Waals surface area (Å²) < 4.78 is 2.39. The molecule has 0 aliphatic carbocycles. The van der Waals surface area contributed by atoms with Crippen LogP contribution in [0.2, 0.25) is 5.02 Å². The summed E-state index contributed by atoms with van der Waals surface area (Å²) >= 11 is 9.65. The van der Waals surface area contributed by atoms with E-state index in [-0.39, 0.29) is 0 Å². The average molecular weight is 337 g/mol. The number of nitrogens with zero attached hydrogens (tertiary/aromatic N) is 1. The molecule has 0 fully saturated rings. The predicted molar refractivity (Wildman–Crippen MR) is 87.5 cm³/mol. The van der Waals surface area contributed by atoms with Crippen LogP contribution in [0.4, 0.5) is 0 Å². The van der Waals surface area contributed by atoms with Crippen LogP contribution in [0, 0.1) is 0 Å². The molecule has 19 heavy (non-hydrogen) atoms.